The minimum Gasteiger partial charge on any atom is -0.376 e. The predicted molar refractivity (Wildman–Crippen MR) is 79.0 cm³/mol. The number of carbonyl (C=O) groups excluding carboxylic acids is 1. The van der Waals surface area contributed by atoms with Crippen molar-refractivity contribution in [3.8, 4) is 0 Å². The molecule has 1 saturated heterocycles. The smallest absolute Gasteiger partial charge is 0.248 e. The molecule has 1 aromatic rings. The van der Waals surface area contributed by atoms with E-state index < -0.39 is 0 Å². The van der Waals surface area contributed by atoms with Crippen molar-refractivity contribution in [3.63, 3.8) is 0 Å². The normalized spacial score (nSPS) is 16.2. The van der Waals surface area contributed by atoms with Crippen molar-refractivity contribution >= 4 is 11.6 Å². The van der Waals surface area contributed by atoms with E-state index >= 15 is 0 Å². The van der Waals surface area contributed by atoms with Crippen molar-refractivity contribution in [2.75, 3.05) is 45.8 Å². The number of hydrogen-bond donors (Lipinski definition) is 0. The maximum absolute atomic E-state index is 11.7. The molecule has 0 saturated carbocycles. The number of pyridine rings is 1. The maximum Gasteiger partial charge on any atom is 0.248 e. The molecule has 0 aromatic carbocycles. The Morgan fingerprint density at radius 1 is 1.40 bits per heavy atom. The highest BCUT2D eigenvalue weighted by Crippen LogP contribution is 2.27. The van der Waals surface area contributed by atoms with Gasteiger partial charge < -0.3 is 14.5 Å². The molecule has 5 nitrogen and oxygen atoms in total. The van der Waals surface area contributed by atoms with Gasteiger partial charge in [0, 0.05) is 45.9 Å². The Kier molecular flexibility index (Phi) is 4.95. The van der Waals surface area contributed by atoms with Gasteiger partial charge in [0.2, 0.25) is 5.91 Å². The second-order valence-electron chi connectivity index (χ2n) is 5.42. The molecule has 0 atom stereocenters. The third kappa shape index (κ3) is 3.48. The molecule has 0 radical (unpaired) electrons. The molecular weight excluding hydrogens is 254 g/mol. The number of rotatable bonds is 4. The van der Waals surface area contributed by atoms with E-state index in [9.17, 15) is 4.79 Å². The van der Waals surface area contributed by atoms with Gasteiger partial charge in [0.25, 0.3) is 0 Å². The first kappa shape index (κ1) is 14.8. The lowest BCUT2D eigenvalue weighted by molar-refractivity contribution is -0.136. The van der Waals surface area contributed by atoms with Crippen molar-refractivity contribution < 1.29 is 9.53 Å². The van der Waals surface area contributed by atoms with Crippen LogP contribution in [0.4, 0.5) is 5.69 Å². The first-order chi connectivity index (χ1) is 9.61. The molecule has 5 heteroatoms. The molecule has 1 aliphatic heterocycles. The molecule has 0 spiro atoms. The summed E-state index contributed by atoms with van der Waals surface area (Å²) in [6.07, 6.45) is 3.87. The Balaban J connectivity index is 1.91. The number of hydrogen-bond acceptors (Lipinski definition) is 4. The van der Waals surface area contributed by atoms with Crippen LogP contribution in [0.15, 0.2) is 18.3 Å². The molecular formula is C15H23N3O2. The summed E-state index contributed by atoms with van der Waals surface area (Å²) < 4.78 is 4.90. The van der Waals surface area contributed by atoms with Gasteiger partial charge in [-0.1, -0.05) is 0 Å². The van der Waals surface area contributed by atoms with E-state index in [0.29, 0.717) is 5.92 Å². The van der Waals surface area contributed by atoms with Gasteiger partial charge in [-0.05, 0) is 25.0 Å². The summed E-state index contributed by atoms with van der Waals surface area (Å²) in [7, 11) is 5.58. The number of ether oxygens (including phenoxy) is 1. The first-order valence-corrected chi connectivity index (χ1v) is 7.02. The number of amides is 1. The van der Waals surface area contributed by atoms with Crippen LogP contribution >= 0.6 is 0 Å². The molecule has 1 fully saturated rings. The number of nitrogens with zero attached hydrogens (tertiary/aromatic N) is 3. The standard InChI is InChI=1S/C15H23N3O2/c1-17(2)13-4-5-14(16-10-13)12-6-8-18(9-7-12)15(19)11-20-3/h4-5,10,12H,6-9,11H2,1-3H3. The van der Waals surface area contributed by atoms with Crippen LogP contribution < -0.4 is 4.90 Å². The zero-order valence-electron chi connectivity index (χ0n) is 12.5. The van der Waals surface area contributed by atoms with Crippen molar-refractivity contribution in [1.29, 1.82) is 0 Å². The van der Waals surface area contributed by atoms with Crippen LogP contribution in [0.2, 0.25) is 0 Å². The van der Waals surface area contributed by atoms with E-state index in [0.717, 1.165) is 37.3 Å². The molecule has 1 aromatic heterocycles. The van der Waals surface area contributed by atoms with E-state index in [-0.39, 0.29) is 12.5 Å². The number of anilines is 1. The average Bonchev–Trinajstić information content (AvgIpc) is 2.48. The summed E-state index contributed by atoms with van der Waals surface area (Å²) in [4.78, 5) is 20.2. The van der Waals surface area contributed by atoms with Crippen molar-refractivity contribution in [3.05, 3.63) is 24.0 Å². The maximum atomic E-state index is 11.7. The highest BCUT2D eigenvalue weighted by Gasteiger charge is 2.24. The van der Waals surface area contributed by atoms with Crippen LogP contribution in [0.1, 0.15) is 24.5 Å². The SMILES string of the molecule is COCC(=O)N1CCC(c2ccc(N(C)C)cn2)CC1. The lowest BCUT2D eigenvalue weighted by Crippen LogP contribution is -2.39. The zero-order valence-corrected chi connectivity index (χ0v) is 12.5. The second kappa shape index (κ2) is 6.70. The Bertz CT molecular complexity index is 437. The van der Waals surface area contributed by atoms with Crippen LogP contribution in [-0.4, -0.2) is 56.7 Å². The van der Waals surface area contributed by atoms with Crippen LogP contribution in [0.3, 0.4) is 0 Å². The predicted octanol–water partition coefficient (Wildman–Crippen LogP) is 1.50. The zero-order chi connectivity index (χ0) is 14.5. The number of likely N-dealkylation sites (tertiary alicyclic amines) is 1. The monoisotopic (exact) mass is 277 g/mol. The van der Waals surface area contributed by atoms with Crippen molar-refractivity contribution in [2.24, 2.45) is 0 Å². The number of methoxy groups -OCH3 is 1. The lowest BCUT2D eigenvalue weighted by atomic mass is 9.93. The summed E-state index contributed by atoms with van der Waals surface area (Å²) in [6, 6.07) is 4.21. The highest BCUT2D eigenvalue weighted by atomic mass is 16.5. The number of carbonyl (C=O) groups is 1. The average molecular weight is 277 g/mol. The highest BCUT2D eigenvalue weighted by molar-refractivity contribution is 5.77. The Morgan fingerprint density at radius 2 is 2.10 bits per heavy atom. The van der Waals surface area contributed by atoms with E-state index in [1.54, 1.807) is 7.11 Å². The second-order valence-corrected chi connectivity index (χ2v) is 5.42. The summed E-state index contributed by atoms with van der Waals surface area (Å²) in [5.41, 5.74) is 2.25. The van der Waals surface area contributed by atoms with Gasteiger partial charge in [0.05, 0.1) is 11.9 Å². The molecule has 20 heavy (non-hydrogen) atoms. The summed E-state index contributed by atoms with van der Waals surface area (Å²) in [5, 5.41) is 0. The van der Waals surface area contributed by atoms with Crippen molar-refractivity contribution in [1.82, 2.24) is 9.88 Å². The van der Waals surface area contributed by atoms with Crippen LogP contribution in [0, 0.1) is 0 Å². The first-order valence-electron chi connectivity index (χ1n) is 7.02. The summed E-state index contributed by atoms with van der Waals surface area (Å²) in [5.74, 6) is 0.541. The van der Waals surface area contributed by atoms with Crippen molar-refractivity contribution in [2.45, 2.75) is 18.8 Å². The number of aromatic nitrogens is 1. The third-order valence-corrected chi connectivity index (χ3v) is 3.82. The van der Waals surface area contributed by atoms with E-state index in [1.165, 1.54) is 0 Å². The van der Waals surface area contributed by atoms with Crippen LogP contribution in [0.5, 0.6) is 0 Å². The third-order valence-electron chi connectivity index (χ3n) is 3.82. The van der Waals surface area contributed by atoms with E-state index in [2.05, 4.69) is 17.1 Å². The number of piperidine rings is 1. The van der Waals surface area contributed by atoms with Gasteiger partial charge in [-0.2, -0.15) is 0 Å². The van der Waals surface area contributed by atoms with Gasteiger partial charge in [-0.3, -0.25) is 9.78 Å². The van der Waals surface area contributed by atoms with Crippen LogP contribution in [0.25, 0.3) is 0 Å². The quantitative estimate of drug-likeness (QED) is 0.836. The fraction of sp³-hybridized carbons (Fsp3) is 0.600. The largest absolute Gasteiger partial charge is 0.376 e. The molecule has 0 unspecified atom stereocenters. The fourth-order valence-corrected chi connectivity index (χ4v) is 2.54. The van der Waals surface area contributed by atoms with Gasteiger partial charge in [0.1, 0.15) is 6.61 Å². The molecule has 110 valence electrons. The van der Waals surface area contributed by atoms with Gasteiger partial charge in [-0.15, -0.1) is 0 Å². The molecule has 2 heterocycles. The molecule has 0 bridgehead atoms. The van der Waals surface area contributed by atoms with Gasteiger partial charge >= 0.3 is 0 Å². The van der Waals surface area contributed by atoms with E-state index in [1.807, 2.05) is 30.1 Å². The molecule has 1 aliphatic rings. The topological polar surface area (TPSA) is 45.7 Å². The minimum atomic E-state index is 0.0851. The lowest BCUT2D eigenvalue weighted by Gasteiger charge is -2.31. The Hall–Kier alpha value is -1.62. The van der Waals surface area contributed by atoms with Crippen LogP contribution in [-0.2, 0) is 9.53 Å². The molecule has 2 rings (SSSR count). The Morgan fingerprint density at radius 3 is 2.60 bits per heavy atom. The summed E-state index contributed by atoms with van der Waals surface area (Å²) in [6.45, 7) is 1.77. The van der Waals surface area contributed by atoms with E-state index in [4.69, 9.17) is 4.74 Å². The Labute approximate surface area is 120 Å². The van der Waals surface area contributed by atoms with Gasteiger partial charge in [-0.25, -0.2) is 0 Å². The molecule has 1 amide bonds. The summed E-state index contributed by atoms with van der Waals surface area (Å²) >= 11 is 0. The minimum absolute atomic E-state index is 0.0851. The molecule has 0 aliphatic carbocycles. The van der Waals surface area contributed by atoms with Gasteiger partial charge in [0.15, 0.2) is 0 Å². The fourth-order valence-electron chi connectivity index (χ4n) is 2.54. The molecule has 0 N–H and O–H groups in total.